The molecule has 9 atom stereocenters. The van der Waals surface area contributed by atoms with E-state index >= 15 is 0 Å². The van der Waals surface area contributed by atoms with Gasteiger partial charge in [-0.25, -0.2) is 0 Å². The van der Waals surface area contributed by atoms with Crippen molar-refractivity contribution in [2.75, 3.05) is 0 Å². The molecule has 0 aliphatic heterocycles. The Morgan fingerprint density at radius 2 is 1.73 bits per heavy atom. The van der Waals surface area contributed by atoms with Gasteiger partial charge in [-0.15, -0.1) is 0 Å². The molecule has 0 heterocycles. The predicted octanol–water partition coefficient (Wildman–Crippen LogP) is 10.2. The molecule has 2 heteroatoms. The van der Waals surface area contributed by atoms with Crippen molar-refractivity contribution in [2.24, 2.45) is 52.3 Å². The first-order chi connectivity index (χ1) is 19.2. The average molecular weight is 547 g/mol. The summed E-state index contributed by atoms with van der Waals surface area (Å²) in [4.78, 5) is 12.7. The zero-order chi connectivity index (χ0) is 28.5. The van der Waals surface area contributed by atoms with E-state index < -0.39 is 0 Å². The summed E-state index contributed by atoms with van der Waals surface area (Å²) in [7, 11) is 0. The Labute approximate surface area is 246 Å². The van der Waals surface area contributed by atoms with Gasteiger partial charge in [0.1, 0.15) is 6.10 Å². The molecule has 222 valence electrons. The minimum atomic E-state index is -0.0666. The standard InChI is InChI=1S/C38H58O2/c1-7-11-29(26(2)3)15-14-27(4)33-18-19-34-32-17-16-30-25-31(40-36(39)24-28-12-9-8-10-13-28)20-22-37(30,5)35(32)21-23-38(33,34)6/h8-10,12-13,16,26-27,29,31-35H,7,11,14-15,17-25H2,1-6H3/t27-,29+,31-,32+,33-,34+,35+,37+,38-/m1/s1. The molecule has 4 aliphatic rings. The molecule has 1 aromatic carbocycles. The van der Waals surface area contributed by atoms with E-state index in [0.717, 1.165) is 59.8 Å². The first-order valence-electron chi connectivity index (χ1n) is 17.1. The van der Waals surface area contributed by atoms with Crippen LogP contribution >= 0.6 is 0 Å². The van der Waals surface area contributed by atoms with Crippen molar-refractivity contribution in [3.05, 3.63) is 47.5 Å². The highest BCUT2D eigenvalue weighted by Crippen LogP contribution is 2.67. The van der Waals surface area contributed by atoms with E-state index in [1.54, 1.807) is 5.57 Å². The van der Waals surface area contributed by atoms with Gasteiger partial charge in [0.25, 0.3) is 0 Å². The first kappa shape index (κ1) is 29.9. The van der Waals surface area contributed by atoms with E-state index in [9.17, 15) is 4.79 Å². The van der Waals surface area contributed by atoms with Crippen LogP contribution in [0.25, 0.3) is 0 Å². The molecule has 40 heavy (non-hydrogen) atoms. The second-order valence-corrected chi connectivity index (χ2v) is 15.4. The number of rotatable bonds is 10. The second-order valence-electron chi connectivity index (χ2n) is 15.4. The molecule has 4 aliphatic carbocycles. The number of allylic oxidation sites excluding steroid dienone is 1. The van der Waals surface area contributed by atoms with Gasteiger partial charge in [0.2, 0.25) is 0 Å². The van der Waals surface area contributed by atoms with Crippen LogP contribution in [0.15, 0.2) is 42.0 Å². The maximum Gasteiger partial charge on any atom is 0.310 e. The van der Waals surface area contributed by atoms with Crippen LogP contribution in [0, 0.1) is 52.3 Å². The number of carbonyl (C=O) groups excluding carboxylic acids is 1. The zero-order valence-electron chi connectivity index (χ0n) is 26.6. The van der Waals surface area contributed by atoms with Crippen LogP contribution in [-0.4, -0.2) is 12.1 Å². The predicted molar refractivity (Wildman–Crippen MR) is 167 cm³/mol. The summed E-state index contributed by atoms with van der Waals surface area (Å²) >= 11 is 0. The van der Waals surface area contributed by atoms with Gasteiger partial charge >= 0.3 is 5.97 Å². The smallest absolute Gasteiger partial charge is 0.310 e. The van der Waals surface area contributed by atoms with Crippen LogP contribution < -0.4 is 0 Å². The highest BCUT2D eigenvalue weighted by molar-refractivity contribution is 5.72. The second kappa shape index (κ2) is 12.3. The lowest BCUT2D eigenvalue weighted by atomic mass is 9.47. The molecule has 2 nitrogen and oxygen atoms in total. The van der Waals surface area contributed by atoms with E-state index in [4.69, 9.17) is 4.74 Å². The van der Waals surface area contributed by atoms with Crippen LogP contribution in [-0.2, 0) is 16.0 Å². The molecule has 0 saturated heterocycles. The highest BCUT2D eigenvalue weighted by Gasteiger charge is 2.59. The molecular weight excluding hydrogens is 488 g/mol. The third-order valence-corrected chi connectivity index (χ3v) is 12.9. The van der Waals surface area contributed by atoms with Crippen LogP contribution in [0.4, 0.5) is 0 Å². The fourth-order valence-corrected chi connectivity index (χ4v) is 10.6. The van der Waals surface area contributed by atoms with Crippen LogP contribution in [0.1, 0.15) is 124 Å². The number of esters is 1. The molecule has 0 amide bonds. The van der Waals surface area contributed by atoms with Gasteiger partial charge in [-0.05, 0) is 109 Å². The van der Waals surface area contributed by atoms with Gasteiger partial charge in [0.05, 0.1) is 6.42 Å². The van der Waals surface area contributed by atoms with Crippen molar-refractivity contribution >= 4 is 5.97 Å². The van der Waals surface area contributed by atoms with E-state index in [1.165, 1.54) is 64.2 Å². The van der Waals surface area contributed by atoms with Crippen molar-refractivity contribution in [1.29, 1.82) is 0 Å². The zero-order valence-corrected chi connectivity index (χ0v) is 26.6. The third kappa shape index (κ3) is 5.85. The van der Waals surface area contributed by atoms with Gasteiger partial charge in [0, 0.05) is 6.42 Å². The minimum absolute atomic E-state index is 0.0556. The Bertz CT molecular complexity index is 1030. The summed E-state index contributed by atoms with van der Waals surface area (Å²) < 4.78 is 6.04. The number of fused-ring (bicyclic) bond motifs is 5. The van der Waals surface area contributed by atoms with Gasteiger partial charge in [-0.2, -0.15) is 0 Å². The lowest BCUT2D eigenvalue weighted by Crippen LogP contribution is -2.51. The van der Waals surface area contributed by atoms with Gasteiger partial charge in [-0.3, -0.25) is 4.79 Å². The van der Waals surface area contributed by atoms with Gasteiger partial charge in [-0.1, -0.05) is 103 Å². The molecule has 0 spiro atoms. The molecule has 0 bridgehead atoms. The Morgan fingerprint density at radius 3 is 2.45 bits per heavy atom. The number of hydrogen-bond donors (Lipinski definition) is 0. The fraction of sp³-hybridized carbons (Fsp3) is 0.763. The fourth-order valence-electron chi connectivity index (χ4n) is 10.6. The van der Waals surface area contributed by atoms with Gasteiger partial charge in [0.15, 0.2) is 0 Å². The summed E-state index contributed by atoms with van der Waals surface area (Å²) in [6.07, 6.45) is 18.8. The van der Waals surface area contributed by atoms with E-state index in [0.29, 0.717) is 17.3 Å². The Balaban J connectivity index is 1.21. The number of ether oxygens (including phenoxy) is 1. The maximum absolute atomic E-state index is 12.7. The molecule has 3 saturated carbocycles. The van der Waals surface area contributed by atoms with Crippen molar-refractivity contribution in [3.63, 3.8) is 0 Å². The third-order valence-electron chi connectivity index (χ3n) is 12.9. The first-order valence-corrected chi connectivity index (χ1v) is 17.1. The summed E-state index contributed by atoms with van der Waals surface area (Å²) in [5, 5.41) is 0. The van der Waals surface area contributed by atoms with Crippen LogP contribution in [0.5, 0.6) is 0 Å². The normalized spacial score (nSPS) is 36.7. The molecule has 0 unspecified atom stereocenters. The highest BCUT2D eigenvalue weighted by atomic mass is 16.5. The quantitative estimate of drug-likeness (QED) is 0.215. The van der Waals surface area contributed by atoms with Gasteiger partial charge < -0.3 is 4.74 Å². The van der Waals surface area contributed by atoms with Crippen molar-refractivity contribution < 1.29 is 9.53 Å². The monoisotopic (exact) mass is 546 g/mol. The number of carbonyl (C=O) groups is 1. The van der Waals surface area contributed by atoms with E-state index in [-0.39, 0.29) is 12.1 Å². The molecule has 3 fully saturated rings. The van der Waals surface area contributed by atoms with Crippen LogP contribution in [0.2, 0.25) is 0 Å². The maximum atomic E-state index is 12.7. The number of benzene rings is 1. The Hall–Kier alpha value is -1.57. The molecule has 0 radical (unpaired) electrons. The molecule has 0 aromatic heterocycles. The lowest BCUT2D eigenvalue weighted by Gasteiger charge is -2.58. The SMILES string of the molecule is CCC[C@@H](CC[C@@H](C)[C@H]1CC[C@H]2[C@@H]3CC=C4C[C@H](OC(=O)Cc5ccccc5)CC[C@]4(C)[C@H]3CC[C@]12C)C(C)C. The number of hydrogen-bond acceptors (Lipinski definition) is 2. The topological polar surface area (TPSA) is 26.3 Å². The summed E-state index contributed by atoms with van der Waals surface area (Å²) in [5.74, 6) is 5.99. The van der Waals surface area contributed by atoms with E-state index in [2.05, 4.69) is 47.6 Å². The van der Waals surface area contributed by atoms with Crippen molar-refractivity contribution in [2.45, 2.75) is 131 Å². The van der Waals surface area contributed by atoms with E-state index in [1.807, 2.05) is 30.3 Å². The largest absolute Gasteiger partial charge is 0.462 e. The van der Waals surface area contributed by atoms with Crippen LogP contribution in [0.3, 0.4) is 0 Å². The molecule has 1 aromatic rings. The summed E-state index contributed by atoms with van der Waals surface area (Å²) in [5.41, 5.74) is 3.49. The van der Waals surface area contributed by atoms with Crippen molar-refractivity contribution in [1.82, 2.24) is 0 Å². The Morgan fingerprint density at radius 1 is 0.950 bits per heavy atom. The summed E-state index contributed by atoms with van der Waals surface area (Å²) in [6.45, 7) is 15.1. The lowest BCUT2D eigenvalue weighted by molar-refractivity contribution is -0.150. The Kier molecular flexibility index (Phi) is 9.23. The van der Waals surface area contributed by atoms with Crippen molar-refractivity contribution in [3.8, 4) is 0 Å². The molecular formula is C38H58O2. The molecule has 5 rings (SSSR count). The minimum Gasteiger partial charge on any atom is -0.462 e. The summed E-state index contributed by atoms with van der Waals surface area (Å²) in [6, 6.07) is 10.0. The average Bonchev–Trinajstić information content (AvgIpc) is 3.28. The molecule has 0 N–H and O–H groups in total.